The predicted octanol–water partition coefficient (Wildman–Crippen LogP) is 5.29. The summed E-state index contributed by atoms with van der Waals surface area (Å²) in [5.74, 6) is 0.721. The summed E-state index contributed by atoms with van der Waals surface area (Å²) in [5, 5.41) is 20.7. The van der Waals surface area contributed by atoms with Crippen LogP contribution < -0.4 is 0 Å². The standard InChI is InChI=1S/C20H26O2/c1-5-7-15-9-13(3)20(22)18(11-15)17-10-14(4)19(21)16(12-17)8-6-2/h9-12,21-22H,5-8H2,1-4H3. The molecule has 0 aromatic heterocycles. The van der Waals surface area contributed by atoms with Crippen LogP contribution in [-0.2, 0) is 12.8 Å². The lowest BCUT2D eigenvalue weighted by atomic mass is 9.93. The first-order valence-electron chi connectivity index (χ1n) is 8.13. The SMILES string of the molecule is CCCc1cc(C)c(O)c(-c2cc(C)c(O)c(CCC)c2)c1. The highest BCUT2D eigenvalue weighted by molar-refractivity contribution is 5.74. The van der Waals surface area contributed by atoms with E-state index in [1.54, 1.807) is 0 Å². The topological polar surface area (TPSA) is 40.5 Å². The molecule has 2 aromatic rings. The van der Waals surface area contributed by atoms with Crippen LogP contribution in [0.3, 0.4) is 0 Å². The summed E-state index contributed by atoms with van der Waals surface area (Å²) in [5.41, 5.74) is 5.81. The number of hydrogen-bond donors (Lipinski definition) is 2. The first-order valence-corrected chi connectivity index (χ1v) is 8.13. The quantitative estimate of drug-likeness (QED) is 0.787. The minimum Gasteiger partial charge on any atom is -0.507 e. The van der Waals surface area contributed by atoms with E-state index in [4.69, 9.17) is 0 Å². The smallest absolute Gasteiger partial charge is 0.126 e. The predicted molar refractivity (Wildman–Crippen MR) is 92.7 cm³/mol. The van der Waals surface area contributed by atoms with Gasteiger partial charge in [0.15, 0.2) is 0 Å². The second-order valence-electron chi connectivity index (χ2n) is 6.11. The average molecular weight is 298 g/mol. The third-order valence-electron chi connectivity index (χ3n) is 4.11. The second kappa shape index (κ2) is 6.87. The van der Waals surface area contributed by atoms with Crippen LogP contribution in [-0.4, -0.2) is 10.2 Å². The van der Waals surface area contributed by atoms with Crippen molar-refractivity contribution in [1.82, 2.24) is 0 Å². The molecule has 2 aromatic carbocycles. The van der Waals surface area contributed by atoms with E-state index in [1.807, 2.05) is 26.0 Å². The van der Waals surface area contributed by atoms with Crippen molar-refractivity contribution in [3.63, 3.8) is 0 Å². The first-order chi connectivity index (χ1) is 10.5. The molecule has 0 amide bonds. The van der Waals surface area contributed by atoms with Gasteiger partial charge in [-0.25, -0.2) is 0 Å². The van der Waals surface area contributed by atoms with Crippen molar-refractivity contribution in [2.24, 2.45) is 0 Å². The summed E-state index contributed by atoms with van der Waals surface area (Å²) in [6, 6.07) is 8.10. The number of phenolic OH excluding ortho intramolecular Hbond substituents is 2. The number of phenols is 2. The van der Waals surface area contributed by atoms with E-state index in [2.05, 4.69) is 26.0 Å². The normalized spacial score (nSPS) is 10.9. The molecule has 2 heteroatoms. The van der Waals surface area contributed by atoms with Crippen LogP contribution in [0.5, 0.6) is 11.5 Å². The van der Waals surface area contributed by atoms with E-state index in [1.165, 1.54) is 5.56 Å². The molecule has 2 rings (SSSR count). The molecule has 2 nitrogen and oxygen atoms in total. The summed E-state index contributed by atoms with van der Waals surface area (Å²) in [4.78, 5) is 0. The molecule has 22 heavy (non-hydrogen) atoms. The van der Waals surface area contributed by atoms with Gasteiger partial charge in [0, 0.05) is 5.56 Å². The highest BCUT2D eigenvalue weighted by atomic mass is 16.3. The molecule has 0 aliphatic heterocycles. The van der Waals surface area contributed by atoms with Gasteiger partial charge in [-0.1, -0.05) is 32.8 Å². The first kappa shape index (κ1) is 16.4. The molecule has 0 spiro atoms. The van der Waals surface area contributed by atoms with E-state index in [0.29, 0.717) is 11.5 Å². The van der Waals surface area contributed by atoms with Gasteiger partial charge < -0.3 is 10.2 Å². The average Bonchev–Trinajstić information content (AvgIpc) is 2.48. The summed E-state index contributed by atoms with van der Waals surface area (Å²) in [6.07, 6.45) is 3.92. The van der Waals surface area contributed by atoms with Gasteiger partial charge in [0.1, 0.15) is 11.5 Å². The molecule has 0 saturated carbocycles. The van der Waals surface area contributed by atoms with Gasteiger partial charge in [0.2, 0.25) is 0 Å². The van der Waals surface area contributed by atoms with Gasteiger partial charge in [-0.2, -0.15) is 0 Å². The Bertz CT molecular complexity index is 672. The van der Waals surface area contributed by atoms with Crippen molar-refractivity contribution in [1.29, 1.82) is 0 Å². The zero-order valence-corrected chi connectivity index (χ0v) is 14.0. The Morgan fingerprint density at radius 1 is 0.773 bits per heavy atom. The number of benzene rings is 2. The zero-order chi connectivity index (χ0) is 16.3. The molecule has 2 N–H and O–H groups in total. The van der Waals surface area contributed by atoms with Crippen LogP contribution >= 0.6 is 0 Å². The van der Waals surface area contributed by atoms with Crippen LogP contribution in [0.4, 0.5) is 0 Å². The third kappa shape index (κ3) is 3.27. The number of hydrogen-bond acceptors (Lipinski definition) is 2. The summed E-state index contributed by atoms with van der Waals surface area (Å²) < 4.78 is 0. The molecule has 0 heterocycles. The van der Waals surface area contributed by atoms with Crippen LogP contribution in [0.2, 0.25) is 0 Å². The van der Waals surface area contributed by atoms with E-state index >= 15 is 0 Å². The maximum absolute atomic E-state index is 10.5. The van der Waals surface area contributed by atoms with Crippen LogP contribution in [0.25, 0.3) is 11.1 Å². The zero-order valence-electron chi connectivity index (χ0n) is 14.0. The fourth-order valence-corrected chi connectivity index (χ4v) is 2.98. The van der Waals surface area contributed by atoms with Crippen LogP contribution in [0.15, 0.2) is 24.3 Å². The number of rotatable bonds is 5. The van der Waals surface area contributed by atoms with Crippen molar-refractivity contribution in [3.05, 3.63) is 46.5 Å². The molecule has 0 aliphatic carbocycles. The van der Waals surface area contributed by atoms with Gasteiger partial charge in [0.05, 0.1) is 0 Å². The van der Waals surface area contributed by atoms with Crippen molar-refractivity contribution >= 4 is 0 Å². The molecular weight excluding hydrogens is 272 g/mol. The van der Waals surface area contributed by atoms with Gasteiger partial charge in [0.25, 0.3) is 0 Å². The summed E-state index contributed by atoms with van der Waals surface area (Å²) in [7, 11) is 0. The molecular formula is C20H26O2. The Hall–Kier alpha value is -1.96. The van der Waals surface area contributed by atoms with Crippen LogP contribution in [0.1, 0.15) is 48.9 Å². The van der Waals surface area contributed by atoms with Crippen molar-refractivity contribution < 1.29 is 10.2 Å². The minimum atomic E-state index is 0.340. The van der Waals surface area contributed by atoms with E-state index < -0.39 is 0 Å². The van der Waals surface area contributed by atoms with Gasteiger partial charge in [-0.15, -0.1) is 0 Å². The summed E-state index contributed by atoms with van der Waals surface area (Å²) in [6.45, 7) is 8.12. The van der Waals surface area contributed by atoms with Crippen molar-refractivity contribution in [2.75, 3.05) is 0 Å². The Morgan fingerprint density at radius 3 is 2.05 bits per heavy atom. The fraction of sp³-hybridized carbons (Fsp3) is 0.400. The largest absolute Gasteiger partial charge is 0.507 e. The Morgan fingerprint density at radius 2 is 1.41 bits per heavy atom. The Kier molecular flexibility index (Phi) is 5.12. The molecule has 0 unspecified atom stereocenters. The van der Waals surface area contributed by atoms with E-state index in [0.717, 1.165) is 53.5 Å². The van der Waals surface area contributed by atoms with E-state index in [9.17, 15) is 10.2 Å². The van der Waals surface area contributed by atoms with E-state index in [-0.39, 0.29) is 0 Å². The molecule has 0 aliphatic rings. The molecule has 0 bridgehead atoms. The molecule has 118 valence electrons. The van der Waals surface area contributed by atoms with Gasteiger partial charge >= 0.3 is 0 Å². The Labute approximate surface area is 133 Å². The number of aromatic hydroxyl groups is 2. The molecule has 0 saturated heterocycles. The minimum absolute atomic E-state index is 0.340. The second-order valence-corrected chi connectivity index (χ2v) is 6.11. The highest BCUT2D eigenvalue weighted by Crippen LogP contribution is 2.37. The van der Waals surface area contributed by atoms with Gasteiger partial charge in [-0.05, 0) is 72.7 Å². The molecule has 0 radical (unpaired) electrons. The monoisotopic (exact) mass is 298 g/mol. The number of aryl methyl sites for hydroxylation is 4. The lowest BCUT2D eigenvalue weighted by molar-refractivity contribution is 0.463. The van der Waals surface area contributed by atoms with Crippen LogP contribution in [0, 0.1) is 13.8 Å². The maximum atomic E-state index is 10.5. The lowest BCUT2D eigenvalue weighted by Crippen LogP contribution is -1.93. The summed E-state index contributed by atoms with van der Waals surface area (Å²) >= 11 is 0. The lowest BCUT2D eigenvalue weighted by Gasteiger charge is -2.14. The highest BCUT2D eigenvalue weighted by Gasteiger charge is 2.13. The third-order valence-corrected chi connectivity index (χ3v) is 4.11. The van der Waals surface area contributed by atoms with Crippen molar-refractivity contribution in [3.8, 4) is 22.6 Å². The van der Waals surface area contributed by atoms with Gasteiger partial charge in [-0.3, -0.25) is 0 Å². The molecule has 0 fully saturated rings. The Balaban J connectivity index is 2.60. The maximum Gasteiger partial charge on any atom is 0.126 e. The molecule has 0 atom stereocenters. The fourth-order valence-electron chi connectivity index (χ4n) is 2.98. The van der Waals surface area contributed by atoms with Crippen molar-refractivity contribution in [2.45, 2.75) is 53.4 Å².